The highest BCUT2D eigenvalue weighted by atomic mass is 79.9. The SMILES string of the molecule is COc1cc(F)c(Br)nc1Cl. The zero-order valence-electron chi connectivity index (χ0n) is 5.57. The summed E-state index contributed by atoms with van der Waals surface area (Å²) in [6, 6.07) is 1.17. The first-order valence-corrected chi connectivity index (χ1v) is 3.87. The van der Waals surface area contributed by atoms with Gasteiger partial charge >= 0.3 is 0 Å². The normalized spacial score (nSPS) is 9.82. The predicted molar refractivity (Wildman–Crippen MR) is 43.5 cm³/mol. The van der Waals surface area contributed by atoms with Crippen molar-refractivity contribution in [2.45, 2.75) is 0 Å². The number of aromatic nitrogens is 1. The Morgan fingerprint density at radius 3 is 2.91 bits per heavy atom. The molecule has 0 saturated heterocycles. The molecule has 0 fully saturated rings. The summed E-state index contributed by atoms with van der Waals surface area (Å²) in [5, 5.41) is 0.140. The standard InChI is InChI=1S/C6H4BrClFNO/c1-11-4-2-3(9)5(7)10-6(4)8/h2H,1H3. The van der Waals surface area contributed by atoms with Gasteiger partial charge in [0.05, 0.1) is 7.11 Å². The van der Waals surface area contributed by atoms with Gasteiger partial charge in [-0.05, 0) is 15.9 Å². The summed E-state index contributed by atoms with van der Waals surface area (Å²) in [6.07, 6.45) is 0. The molecule has 5 heteroatoms. The molecule has 0 aliphatic heterocycles. The van der Waals surface area contributed by atoms with Crippen LogP contribution in [-0.4, -0.2) is 12.1 Å². The Bertz CT molecular complexity index is 282. The van der Waals surface area contributed by atoms with E-state index in [0.717, 1.165) is 0 Å². The van der Waals surface area contributed by atoms with Gasteiger partial charge < -0.3 is 4.74 Å². The van der Waals surface area contributed by atoms with Gasteiger partial charge in [-0.25, -0.2) is 9.37 Å². The number of halogens is 3. The number of methoxy groups -OCH3 is 1. The van der Waals surface area contributed by atoms with Crippen LogP contribution in [0.15, 0.2) is 10.7 Å². The lowest BCUT2D eigenvalue weighted by Gasteiger charge is -2.01. The van der Waals surface area contributed by atoms with E-state index in [1.165, 1.54) is 13.2 Å². The van der Waals surface area contributed by atoms with Crippen LogP contribution in [0.2, 0.25) is 5.15 Å². The lowest BCUT2D eigenvalue weighted by molar-refractivity contribution is 0.408. The Kier molecular flexibility index (Phi) is 2.67. The molecule has 0 N–H and O–H groups in total. The highest BCUT2D eigenvalue weighted by Gasteiger charge is 2.07. The van der Waals surface area contributed by atoms with Crippen molar-refractivity contribution in [3.05, 3.63) is 21.6 Å². The van der Waals surface area contributed by atoms with Gasteiger partial charge in [0, 0.05) is 6.07 Å². The van der Waals surface area contributed by atoms with E-state index >= 15 is 0 Å². The Balaban J connectivity index is 3.21. The second-order valence-corrected chi connectivity index (χ2v) is 2.86. The molecule has 0 radical (unpaired) electrons. The van der Waals surface area contributed by atoms with E-state index in [2.05, 4.69) is 20.9 Å². The molecule has 0 atom stereocenters. The molecular formula is C6H4BrClFNO. The van der Waals surface area contributed by atoms with Crippen LogP contribution >= 0.6 is 27.5 Å². The smallest absolute Gasteiger partial charge is 0.172 e. The lowest BCUT2D eigenvalue weighted by Crippen LogP contribution is -1.90. The topological polar surface area (TPSA) is 22.1 Å². The summed E-state index contributed by atoms with van der Waals surface area (Å²) in [7, 11) is 1.40. The number of rotatable bonds is 1. The molecule has 0 bridgehead atoms. The van der Waals surface area contributed by atoms with Crippen molar-refractivity contribution in [1.82, 2.24) is 4.98 Å². The molecule has 0 saturated carbocycles. The molecule has 0 aliphatic rings. The van der Waals surface area contributed by atoms with Gasteiger partial charge in [-0.15, -0.1) is 0 Å². The summed E-state index contributed by atoms with van der Waals surface area (Å²) in [6.45, 7) is 0. The average Bonchev–Trinajstić information content (AvgIpc) is 1.97. The molecular weight excluding hydrogens is 236 g/mol. The fourth-order valence-corrected chi connectivity index (χ4v) is 1.18. The largest absolute Gasteiger partial charge is 0.493 e. The van der Waals surface area contributed by atoms with E-state index in [-0.39, 0.29) is 15.5 Å². The molecule has 0 unspecified atom stereocenters. The minimum Gasteiger partial charge on any atom is -0.493 e. The van der Waals surface area contributed by atoms with Crippen molar-refractivity contribution in [3.8, 4) is 5.75 Å². The zero-order chi connectivity index (χ0) is 8.43. The van der Waals surface area contributed by atoms with Crippen LogP contribution in [-0.2, 0) is 0 Å². The number of nitrogens with zero attached hydrogens (tertiary/aromatic N) is 1. The fourth-order valence-electron chi connectivity index (χ4n) is 0.572. The van der Waals surface area contributed by atoms with Gasteiger partial charge in [-0.3, -0.25) is 0 Å². The van der Waals surface area contributed by atoms with Crippen molar-refractivity contribution >= 4 is 27.5 Å². The number of hydrogen-bond donors (Lipinski definition) is 0. The quantitative estimate of drug-likeness (QED) is 0.704. The average molecular weight is 240 g/mol. The first-order chi connectivity index (χ1) is 5.15. The monoisotopic (exact) mass is 239 g/mol. The lowest BCUT2D eigenvalue weighted by atomic mass is 10.4. The number of hydrogen-bond acceptors (Lipinski definition) is 2. The minimum absolute atomic E-state index is 0.0864. The second kappa shape index (κ2) is 3.36. The van der Waals surface area contributed by atoms with Crippen LogP contribution in [0, 0.1) is 5.82 Å². The first-order valence-electron chi connectivity index (χ1n) is 2.70. The molecule has 0 spiro atoms. The molecule has 0 aromatic carbocycles. The molecule has 11 heavy (non-hydrogen) atoms. The summed E-state index contributed by atoms with van der Waals surface area (Å²) >= 11 is 8.45. The zero-order valence-corrected chi connectivity index (χ0v) is 7.91. The molecule has 1 heterocycles. The summed E-state index contributed by atoms with van der Waals surface area (Å²) in [5.74, 6) is -0.265. The van der Waals surface area contributed by atoms with E-state index in [1.54, 1.807) is 0 Å². The van der Waals surface area contributed by atoms with Crippen LogP contribution < -0.4 is 4.74 Å². The van der Waals surface area contributed by atoms with E-state index in [4.69, 9.17) is 16.3 Å². The van der Waals surface area contributed by atoms with Crippen LogP contribution in [0.5, 0.6) is 5.75 Å². The van der Waals surface area contributed by atoms with Crippen LogP contribution in [0.4, 0.5) is 4.39 Å². The summed E-state index contributed by atoms with van der Waals surface area (Å²) < 4.78 is 17.5. The van der Waals surface area contributed by atoms with Gasteiger partial charge in [-0.2, -0.15) is 0 Å². The van der Waals surface area contributed by atoms with Crippen LogP contribution in [0.1, 0.15) is 0 Å². The van der Waals surface area contributed by atoms with Crippen molar-refractivity contribution in [2.24, 2.45) is 0 Å². The van der Waals surface area contributed by atoms with Gasteiger partial charge in [-0.1, -0.05) is 11.6 Å². The Morgan fingerprint density at radius 1 is 1.73 bits per heavy atom. The van der Waals surface area contributed by atoms with E-state index in [1.807, 2.05) is 0 Å². The van der Waals surface area contributed by atoms with Gasteiger partial charge in [0.25, 0.3) is 0 Å². The predicted octanol–water partition coefficient (Wildman–Crippen LogP) is 2.65. The minimum atomic E-state index is -0.494. The van der Waals surface area contributed by atoms with Gasteiger partial charge in [0.1, 0.15) is 4.60 Å². The number of pyridine rings is 1. The van der Waals surface area contributed by atoms with Crippen molar-refractivity contribution in [2.75, 3.05) is 7.11 Å². The van der Waals surface area contributed by atoms with Gasteiger partial charge in [0.15, 0.2) is 16.7 Å². The van der Waals surface area contributed by atoms with E-state index in [0.29, 0.717) is 0 Å². The third-order valence-corrected chi connectivity index (χ3v) is 1.90. The van der Waals surface area contributed by atoms with Crippen molar-refractivity contribution in [1.29, 1.82) is 0 Å². The third kappa shape index (κ3) is 1.81. The van der Waals surface area contributed by atoms with Crippen LogP contribution in [0.3, 0.4) is 0 Å². The highest BCUT2D eigenvalue weighted by molar-refractivity contribution is 9.10. The Hall–Kier alpha value is -0.350. The number of ether oxygens (including phenoxy) is 1. The molecule has 0 amide bonds. The van der Waals surface area contributed by atoms with E-state index in [9.17, 15) is 4.39 Å². The molecule has 2 nitrogen and oxygen atoms in total. The maximum atomic E-state index is 12.7. The third-order valence-electron chi connectivity index (χ3n) is 1.07. The van der Waals surface area contributed by atoms with Crippen LogP contribution in [0.25, 0.3) is 0 Å². The molecule has 0 aliphatic carbocycles. The van der Waals surface area contributed by atoms with Crippen molar-refractivity contribution in [3.63, 3.8) is 0 Å². The van der Waals surface area contributed by atoms with E-state index < -0.39 is 5.82 Å². The summed E-state index contributed by atoms with van der Waals surface area (Å²) in [4.78, 5) is 3.63. The second-order valence-electron chi connectivity index (χ2n) is 1.75. The Labute approximate surface area is 76.5 Å². The maximum absolute atomic E-state index is 12.7. The highest BCUT2D eigenvalue weighted by Crippen LogP contribution is 2.26. The molecule has 1 aromatic heterocycles. The molecule has 1 aromatic rings. The Morgan fingerprint density at radius 2 is 2.36 bits per heavy atom. The fraction of sp³-hybridized carbons (Fsp3) is 0.167. The first kappa shape index (κ1) is 8.74. The molecule has 1 rings (SSSR count). The molecule has 60 valence electrons. The summed E-state index contributed by atoms with van der Waals surface area (Å²) in [5.41, 5.74) is 0. The van der Waals surface area contributed by atoms with Gasteiger partial charge in [0.2, 0.25) is 0 Å². The maximum Gasteiger partial charge on any atom is 0.172 e. The van der Waals surface area contributed by atoms with Crippen molar-refractivity contribution < 1.29 is 9.13 Å².